The van der Waals surface area contributed by atoms with E-state index in [1.807, 2.05) is 36.4 Å². The van der Waals surface area contributed by atoms with Gasteiger partial charge in [-0.05, 0) is 85.8 Å². The van der Waals surface area contributed by atoms with Crippen molar-refractivity contribution >= 4 is 40.3 Å². The number of carbonyl (C=O) groups is 1. The Balaban J connectivity index is 1.67. The normalized spacial score (nSPS) is 23.0. The van der Waals surface area contributed by atoms with Gasteiger partial charge >= 0.3 is 0 Å². The zero-order valence-corrected chi connectivity index (χ0v) is 19.9. The van der Waals surface area contributed by atoms with E-state index in [0.717, 1.165) is 34.2 Å². The number of hydrogen-bond donors (Lipinski definition) is 0. The third-order valence-corrected chi connectivity index (χ3v) is 7.28. The van der Waals surface area contributed by atoms with E-state index in [0.29, 0.717) is 12.5 Å². The molecule has 0 unspecified atom stereocenters. The number of thioether (sulfide) groups is 1. The zero-order valence-electron chi connectivity index (χ0n) is 19.1. The van der Waals surface area contributed by atoms with E-state index in [2.05, 4.69) is 57.8 Å². The van der Waals surface area contributed by atoms with Crippen LogP contribution in [0.2, 0.25) is 0 Å². The number of anilines is 1. The molecule has 1 saturated heterocycles. The molecule has 31 heavy (non-hydrogen) atoms. The number of fused-ring (bicyclic) bond motifs is 1. The quantitative estimate of drug-likeness (QED) is 0.522. The summed E-state index contributed by atoms with van der Waals surface area (Å²) in [6, 6.07) is 16.4. The Kier molecular flexibility index (Phi) is 5.98. The van der Waals surface area contributed by atoms with Gasteiger partial charge in [0.2, 0.25) is 0 Å². The molecule has 4 nitrogen and oxygen atoms in total. The highest BCUT2D eigenvalue weighted by Crippen LogP contribution is 2.43. The van der Waals surface area contributed by atoms with Crippen LogP contribution in [0.25, 0.3) is 6.08 Å². The highest BCUT2D eigenvalue weighted by atomic mass is 32.2. The van der Waals surface area contributed by atoms with Crippen molar-refractivity contribution in [3.8, 4) is 0 Å². The van der Waals surface area contributed by atoms with Gasteiger partial charge in [-0.25, -0.2) is 4.99 Å². The van der Waals surface area contributed by atoms with Crippen molar-refractivity contribution in [2.45, 2.75) is 52.0 Å². The van der Waals surface area contributed by atoms with E-state index < -0.39 is 0 Å². The van der Waals surface area contributed by atoms with Crippen LogP contribution in [-0.4, -0.2) is 35.1 Å². The van der Waals surface area contributed by atoms with Crippen molar-refractivity contribution in [1.82, 2.24) is 4.90 Å². The van der Waals surface area contributed by atoms with Gasteiger partial charge in [0, 0.05) is 24.8 Å². The molecule has 2 aliphatic heterocycles. The number of aliphatic imine (C=N–C) groups is 1. The predicted octanol–water partition coefficient (Wildman–Crippen LogP) is 6.42. The second-order valence-electron chi connectivity index (χ2n) is 9.09. The molecule has 2 aromatic rings. The van der Waals surface area contributed by atoms with Crippen molar-refractivity contribution < 1.29 is 4.79 Å². The lowest BCUT2D eigenvalue weighted by atomic mass is 9.80. The van der Waals surface area contributed by atoms with Gasteiger partial charge in [0.05, 0.1) is 10.6 Å². The molecule has 2 aliphatic rings. The Bertz CT molecular complexity index is 1040. The maximum absolute atomic E-state index is 13.1. The van der Waals surface area contributed by atoms with E-state index in [9.17, 15) is 4.79 Å². The van der Waals surface area contributed by atoms with Crippen LogP contribution < -0.4 is 4.90 Å². The van der Waals surface area contributed by atoms with Crippen LogP contribution in [0.3, 0.4) is 0 Å². The summed E-state index contributed by atoms with van der Waals surface area (Å²) in [4.78, 5) is 22.8. The van der Waals surface area contributed by atoms with E-state index in [4.69, 9.17) is 4.99 Å². The van der Waals surface area contributed by atoms with Crippen molar-refractivity contribution in [2.24, 2.45) is 4.99 Å². The lowest BCUT2D eigenvalue weighted by Gasteiger charge is -2.45. The molecule has 0 aromatic heterocycles. The fraction of sp³-hybridized carbons (Fsp3) is 0.385. The monoisotopic (exact) mass is 433 g/mol. The van der Waals surface area contributed by atoms with E-state index in [-0.39, 0.29) is 11.4 Å². The van der Waals surface area contributed by atoms with Gasteiger partial charge in [0.25, 0.3) is 5.91 Å². The van der Waals surface area contributed by atoms with Crippen LogP contribution in [-0.2, 0) is 4.79 Å². The minimum atomic E-state index is 0.0468. The van der Waals surface area contributed by atoms with Gasteiger partial charge in [-0.2, -0.15) is 0 Å². The number of hydrogen-bond acceptors (Lipinski definition) is 4. The first-order chi connectivity index (χ1) is 14.8. The maximum atomic E-state index is 13.1. The minimum absolute atomic E-state index is 0.0468. The number of para-hydroxylation sites is 1. The first-order valence-electron chi connectivity index (χ1n) is 11.0. The zero-order chi connectivity index (χ0) is 22.2. The molecule has 0 aliphatic carbocycles. The topological polar surface area (TPSA) is 35.9 Å². The van der Waals surface area contributed by atoms with Crippen LogP contribution in [0.1, 0.15) is 57.6 Å². The molecular formula is C26H31N3OS. The van der Waals surface area contributed by atoms with Crippen molar-refractivity contribution in [1.29, 1.82) is 0 Å². The molecule has 0 saturated carbocycles. The average molecular weight is 434 g/mol. The number of nitrogens with zero attached hydrogens (tertiary/aromatic N) is 3. The molecule has 0 bridgehead atoms. The molecule has 1 fully saturated rings. The number of amidine groups is 1. The van der Waals surface area contributed by atoms with Crippen LogP contribution in [0.5, 0.6) is 0 Å². The first-order valence-corrected chi connectivity index (χ1v) is 11.8. The lowest BCUT2D eigenvalue weighted by molar-refractivity contribution is -0.122. The molecule has 0 spiro atoms. The Hall–Kier alpha value is -2.53. The molecule has 1 atom stereocenters. The molecular weight excluding hydrogens is 402 g/mol. The number of carbonyl (C=O) groups excluding carboxylic acids is 1. The van der Waals surface area contributed by atoms with Gasteiger partial charge in [0.15, 0.2) is 5.17 Å². The minimum Gasteiger partial charge on any atom is -0.369 e. The van der Waals surface area contributed by atoms with Crippen LogP contribution in [0.15, 0.2) is 58.4 Å². The van der Waals surface area contributed by atoms with Gasteiger partial charge in [0.1, 0.15) is 0 Å². The second kappa shape index (κ2) is 8.54. The van der Waals surface area contributed by atoms with Gasteiger partial charge in [-0.3, -0.25) is 9.69 Å². The van der Waals surface area contributed by atoms with E-state index in [1.165, 1.54) is 23.0 Å². The summed E-state index contributed by atoms with van der Waals surface area (Å²) < 4.78 is 0. The average Bonchev–Trinajstić information content (AvgIpc) is 3.02. The molecule has 0 radical (unpaired) electrons. The molecule has 2 heterocycles. The molecule has 162 valence electrons. The smallest absolute Gasteiger partial charge is 0.266 e. The molecule has 0 N–H and O–H groups in total. The van der Waals surface area contributed by atoms with Crippen LogP contribution >= 0.6 is 11.8 Å². The number of benzene rings is 2. The fourth-order valence-corrected chi connectivity index (χ4v) is 5.49. The van der Waals surface area contributed by atoms with E-state index in [1.54, 1.807) is 4.90 Å². The Morgan fingerprint density at radius 1 is 1.19 bits per heavy atom. The Morgan fingerprint density at radius 2 is 1.94 bits per heavy atom. The second-order valence-corrected chi connectivity index (χ2v) is 10.1. The van der Waals surface area contributed by atoms with Crippen LogP contribution in [0.4, 0.5) is 11.4 Å². The highest BCUT2D eigenvalue weighted by molar-refractivity contribution is 8.18. The van der Waals surface area contributed by atoms with Gasteiger partial charge in [-0.15, -0.1) is 0 Å². The van der Waals surface area contributed by atoms with Crippen molar-refractivity contribution in [2.75, 3.05) is 18.5 Å². The van der Waals surface area contributed by atoms with Crippen molar-refractivity contribution in [3.05, 3.63) is 64.6 Å². The van der Waals surface area contributed by atoms with Gasteiger partial charge in [-0.1, -0.05) is 38.1 Å². The lowest BCUT2D eigenvalue weighted by Crippen LogP contribution is -2.45. The fourth-order valence-electron chi connectivity index (χ4n) is 4.46. The van der Waals surface area contributed by atoms with Crippen LogP contribution in [0, 0.1) is 0 Å². The molecule has 5 heteroatoms. The molecule has 4 rings (SSSR count). The largest absolute Gasteiger partial charge is 0.369 e. The summed E-state index contributed by atoms with van der Waals surface area (Å²) in [6.45, 7) is 9.66. The molecule has 2 aromatic carbocycles. The maximum Gasteiger partial charge on any atom is 0.266 e. The van der Waals surface area contributed by atoms with Gasteiger partial charge < -0.3 is 4.90 Å². The molecule has 1 amide bonds. The Morgan fingerprint density at radius 3 is 2.65 bits per heavy atom. The summed E-state index contributed by atoms with van der Waals surface area (Å²) in [5.41, 5.74) is 4.73. The first kappa shape index (κ1) is 21.7. The third-order valence-electron chi connectivity index (χ3n) is 6.27. The number of amides is 1. The highest BCUT2D eigenvalue weighted by Gasteiger charge is 2.35. The summed E-state index contributed by atoms with van der Waals surface area (Å²) in [7, 11) is 2.17. The predicted molar refractivity (Wildman–Crippen MR) is 133 cm³/mol. The SMILES string of the molecule is CCCN1C(=O)/C(=C/c2ccc3c(c2)[C@@H](C)CC(C)(C)N3C)SC1=Nc1ccccc1. The third kappa shape index (κ3) is 4.29. The van der Waals surface area contributed by atoms with Crippen molar-refractivity contribution in [3.63, 3.8) is 0 Å². The Labute approximate surface area is 190 Å². The summed E-state index contributed by atoms with van der Waals surface area (Å²) in [6.07, 6.45) is 4.03. The standard InChI is InChI=1S/C26H31N3OS/c1-6-14-29-24(30)23(31-25(29)27-20-10-8-7-9-11-20)16-19-12-13-22-21(15-19)18(2)17-26(3,4)28(22)5/h7-13,15-16,18H,6,14,17H2,1-5H3/b23-16-,27-25?/t18-/m0/s1. The summed E-state index contributed by atoms with van der Waals surface area (Å²) >= 11 is 1.47. The number of rotatable bonds is 4. The summed E-state index contributed by atoms with van der Waals surface area (Å²) in [5.74, 6) is 0.531. The van der Waals surface area contributed by atoms with E-state index >= 15 is 0 Å². The summed E-state index contributed by atoms with van der Waals surface area (Å²) in [5, 5.41) is 0.761.